The van der Waals surface area contributed by atoms with Gasteiger partial charge in [-0.1, -0.05) is 13.8 Å². The van der Waals surface area contributed by atoms with Crippen molar-refractivity contribution in [3.63, 3.8) is 0 Å². The van der Waals surface area contributed by atoms with Crippen LogP contribution in [0.5, 0.6) is 0 Å². The van der Waals surface area contributed by atoms with Crippen LogP contribution in [-0.2, 0) is 13.6 Å². The minimum absolute atomic E-state index is 0.149. The zero-order valence-electron chi connectivity index (χ0n) is 25.4. The molecule has 4 saturated carbocycles. The maximum Gasteiger partial charge on any atom is 0.335 e. The van der Waals surface area contributed by atoms with Crippen molar-refractivity contribution >= 4 is 8.60 Å². The maximum atomic E-state index is 12.5. The van der Waals surface area contributed by atoms with E-state index in [2.05, 4.69) is 55.4 Å². The second kappa shape index (κ2) is 10.2. The predicted octanol–water partition coefficient (Wildman–Crippen LogP) is 8.12. The molecule has 0 aliphatic heterocycles. The molecule has 220 valence electrons. The van der Waals surface area contributed by atoms with Gasteiger partial charge in [-0.3, -0.25) is 0 Å². The monoisotopic (exact) mass is 562 g/mol. The summed E-state index contributed by atoms with van der Waals surface area (Å²) in [6.07, 6.45) is 11.1. The van der Waals surface area contributed by atoms with Gasteiger partial charge in [0.25, 0.3) is 0 Å². The van der Waals surface area contributed by atoms with Crippen LogP contribution in [0.15, 0.2) is 27.6 Å². The zero-order valence-corrected chi connectivity index (χ0v) is 26.3. The molecule has 1 aromatic heterocycles. The molecule has 7 heteroatoms. The summed E-state index contributed by atoms with van der Waals surface area (Å²) in [5, 5.41) is 12.5. The number of hydrogen-bond acceptors (Lipinski definition) is 6. The van der Waals surface area contributed by atoms with Crippen LogP contribution >= 0.6 is 8.60 Å². The van der Waals surface area contributed by atoms with E-state index in [-0.39, 0.29) is 39.7 Å². The van der Waals surface area contributed by atoms with Crippen LogP contribution in [0, 0.1) is 28.6 Å². The lowest BCUT2D eigenvalue weighted by atomic mass is 9.43. The van der Waals surface area contributed by atoms with Crippen molar-refractivity contribution in [2.75, 3.05) is 0 Å². The van der Waals surface area contributed by atoms with E-state index < -0.39 is 14.2 Å². The topological polar surface area (TPSA) is 78.1 Å². The minimum atomic E-state index is -1.44. The Hall–Kier alpha value is -0.780. The summed E-state index contributed by atoms with van der Waals surface area (Å²) in [4.78, 5) is 11.6. The lowest BCUT2D eigenvalue weighted by molar-refractivity contribution is -0.205. The van der Waals surface area contributed by atoms with Gasteiger partial charge in [-0.15, -0.1) is 0 Å². The first-order valence-corrected chi connectivity index (χ1v) is 16.3. The number of fused-ring (bicyclic) bond motifs is 5. The molecule has 0 radical (unpaired) electrons. The van der Waals surface area contributed by atoms with E-state index >= 15 is 0 Å². The first kappa shape index (κ1) is 29.7. The van der Waals surface area contributed by atoms with Crippen LogP contribution in [0.25, 0.3) is 0 Å². The fourth-order valence-corrected chi connectivity index (χ4v) is 10.5. The van der Waals surface area contributed by atoms with Crippen LogP contribution in [0.2, 0.25) is 0 Å². The Balaban J connectivity index is 1.31. The highest BCUT2D eigenvalue weighted by Crippen LogP contribution is 2.70. The highest BCUT2D eigenvalue weighted by Gasteiger charge is 2.67. The maximum absolute atomic E-state index is 12.5. The van der Waals surface area contributed by atoms with Crippen molar-refractivity contribution in [2.24, 2.45) is 28.6 Å². The van der Waals surface area contributed by atoms with Crippen LogP contribution in [0.1, 0.15) is 125 Å². The fraction of sp³-hybridized carbons (Fsp3) is 0.844. The van der Waals surface area contributed by atoms with Gasteiger partial charge in [0.2, 0.25) is 0 Å². The molecule has 4 fully saturated rings. The van der Waals surface area contributed by atoms with E-state index in [0.717, 1.165) is 63.4 Å². The van der Waals surface area contributed by atoms with Gasteiger partial charge in [0.1, 0.15) is 0 Å². The summed E-state index contributed by atoms with van der Waals surface area (Å²) in [5.41, 5.74) is -0.546. The summed E-state index contributed by atoms with van der Waals surface area (Å²) >= 11 is 0. The van der Waals surface area contributed by atoms with E-state index in [0.29, 0.717) is 17.8 Å². The Morgan fingerprint density at radius 3 is 2.21 bits per heavy atom. The molecule has 39 heavy (non-hydrogen) atoms. The van der Waals surface area contributed by atoms with Crippen LogP contribution in [-0.4, -0.2) is 28.0 Å². The van der Waals surface area contributed by atoms with Crippen molar-refractivity contribution in [1.82, 2.24) is 0 Å². The summed E-state index contributed by atoms with van der Waals surface area (Å²) in [7, 11) is -1.44. The van der Waals surface area contributed by atoms with E-state index in [4.69, 9.17) is 18.0 Å². The molecule has 5 rings (SSSR count). The smallest absolute Gasteiger partial charge is 0.335 e. The Bertz CT molecular complexity index is 1050. The van der Waals surface area contributed by atoms with Gasteiger partial charge in [0.05, 0.1) is 29.2 Å². The Morgan fingerprint density at radius 2 is 1.59 bits per heavy atom. The Labute approximate surface area is 236 Å². The van der Waals surface area contributed by atoms with Gasteiger partial charge in [-0.05, 0) is 140 Å². The Morgan fingerprint density at radius 1 is 0.897 bits per heavy atom. The van der Waals surface area contributed by atoms with E-state index in [9.17, 15) is 9.90 Å². The molecule has 0 aromatic carbocycles. The summed E-state index contributed by atoms with van der Waals surface area (Å²) in [5.74, 6) is 1.67. The van der Waals surface area contributed by atoms with Gasteiger partial charge in [-0.2, -0.15) is 0 Å². The molecule has 1 heterocycles. The quantitative estimate of drug-likeness (QED) is 0.365. The SMILES string of the molecule is CC(C)(C)OP(OC1CCC2(C)C(CCC3C2CCC2(C)C(c4ccc(=O)oc4)CCC32O)C1)OC(C)(C)C. The number of rotatable bonds is 5. The van der Waals surface area contributed by atoms with Crippen molar-refractivity contribution in [3.05, 3.63) is 34.4 Å². The van der Waals surface area contributed by atoms with Gasteiger partial charge >= 0.3 is 14.2 Å². The first-order valence-electron chi connectivity index (χ1n) is 15.2. The molecule has 0 bridgehead atoms. The van der Waals surface area contributed by atoms with Crippen molar-refractivity contribution in [3.8, 4) is 0 Å². The van der Waals surface area contributed by atoms with Crippen LogP contribution < -0.4 is 5.63 Å². The first-order chi connectivity index (χ1) is 18.0. The van der Waals surface area contributed by atoms with E-state index in [1.165, 1.54) is 6.07 Å². The Kier molecular flexibility index (Phi) is 7.76. The molecular formula is C32H51O6P. The van der Waals surface area contributed by atoms with Gasteiger partial charge in [-0.25, -0.2) is 4.79 Å². The molecule has 4 aliphatic rings. The lowest BCUT2D eigenvalue weighted by Gasteiger charge is -2.63. The van der Waals surface area contributed by atoms with Gasteiger partial charge < -0.3 is 23.1 Å². The van der Waals surface area contributed by atoms with Gasteiger partial charge in [0.15, 0.2) is 0 Å². The highest BCUT2D eigenvalue weighted by atomic mass is 31.2. The van der Waals surface area contributed by atoms with E-state index in [1.54, 1.807) is 6.26 Å². The average molecular weight is 563 g/mol. The predicted molar refractivity (Wildman–Crippen MR) is 154 cm³/mol. The molecule has 8 atom stereocenters. The third-order valence-corrected chi connectivity index (χ3v) is 12.7. The molecule has 1 aromatic rings. The molecule has 6 nitrogen and oxygen atoms in total. The third kappa shape index (κ3) is 5.55. The summed E-state index contributed by atoms with van der Waals surface area (Å²) < 4.78 is 24.3. The van der Waals surface area contributed by atoms with Crippen LogP contribution in [0.4, 0.5) is 0 Å². The lowest BCUT2D eigenvalue weighted by Crippen LogP contribution is -2.62. The molecule has 0 spiro atoms. The normalized spacial score (nSPS) is 40.7. The second-order valence-corrected chi connectivity index (χ2v) is 16.5. The second-order valence-electron chi connectivity index (χ2n) is 15.5. The van der Waals surface area contributed by atoms with E-state index in [1.807, 2.05) is 6.07 Å². The van der Waals surface area contributed by atoms with Crippen molar-refractivity contribution in [1.29, 1.82) is 0 Å². The van der Waals surface area contributed by atoms with Gasteiger partial charge in [0, 0.05) is 11.5 Å². The molecule has 4 aliphatic carbocycles. The molecule has 8 unspecified atom stereocenters. The largest absolute Gasteiger partial charge is 0.431 e. The van der Waals surface area contributed by atoms with Crippen LogP contribution in [0.3, 0.4) is 0 Å². The average Bonchev–Trinajstić information content (AvgIpc) is 3.09. The summed E-state index contributed by atoms with van der Waals surface area (Å²) in [6.45, 7) is 17.1. The summed E-state index contributed by atoms with van der Waals surface area (Å²) in [6, 6.07) is 3.44. The zero-order chi connectivity index (χ0) is 28.4. The molecule has 1 N–H and O–H groups in total. The molecule has 0 amide bonds. The van der Waals surface area contributed by atoms with Crippen molar-refractivity contribution in [2.45, 2.75) is 142 Å². The molecular weight excluding hydrogens is 511 g/mol. The fourth-order valence-electron chi connectivity index (χ4n) is 9.01. The number of aliphatic hydroxyl groups is 1. The third-order valence-electron chi connectivity index (χ3n) is 10.9. The standard InChI is InChI=1S/C32H51O6P/c1-28(2,3)37-39(38-29(4,5)6)36-23-13-16-30(7)22(19-23)10-11-26-25(30)14-17-31(8)24(15-18-32(26,31)34)21-9-12-27(33)35-20-21/h9,12,20,22-26,34H,10-11,13-19H2,1-8H3. The molecule has 0 saturated heterocycles. The highest BCUT2D eigenvalue weighted by molar-refractivity contribution is 7.41. The van der Waals surface area contributed by atoms with Crippen molar-refractivity contribution < 1.29 is 23.1 Å². The minimum Gasteiger partial charge on any atom is -0.431 e. The number of hydrogen-bond donors (Lipinski definition) is 1.